The van der Waals surface area contributed by atoms with E-state index in [2.05, 4.69) is 27.3 Å². The van der Waals surface area contributed by atoms with E-state index in [1.165, 1.54) is 10.4 Å². The quantitative estimate of drug-likeness (QED) is 0.886. The van der Waals surface area contributed by atoms with Gasteiger partial charge >= 0.3 is 5.97 Å². The van der Waals surface area contributed by atoms with Crippen LogP contribution in [0, 0.1) is 5.92 Å². The van der Waals surface area contributed by atoms with Crippen molar-refractivity contribution in [2.24, 2.45) is 5.92 Å². The van der Waals surface area contributed by atoms with E-state index in [4.69, 9.17) is 0 Å². The van der Waals surface area contributed by atoms with Gasteiger partial charge in [0.05, 0.1) is 3.79 Å². The van der Waals surface area contributed by atoms with Crippen molar-refractivity contribution >= 4 is 33.2 Å². The molecule has 0 aromatic carbocycles. The lowest BCUT2D eigenvalue weighted by molar-refractivity contribution is -0.141. The third-order valence-corrected chi connectivity index (χ3v) is 5.11. The topological polar surface area (TPSA) is 49.3 Å². The van der Waals surface area contributed by atoms with Crippen molar-refractivity contribution in [3.63, 3.8) is 0 Å². The van der Waals surface area contributed by atoms with Gasteiger partial charge in [0, 0.05) is 10.9 Å². The zero-order valence-electron chi connectivity index (χ0n) is 10.6. The summed E-state index contributed by atoms with van der Waals surface area (Å²) in [5.74, 6) is -0.665. The lowest BCUT2D eigenvalue weighted by atomic mass is 9.92. The molecule has 2 atom stereocenters. The first-order chi connectivity index (χ1) is 8.49. The SMILES string of the molecule is CC(C)C(NC1CCCc2sc(Br)cc21)C(=O)O. The Hall–Kier alpha value is -0.390. The molecule has 0 fully saturated rings. The molecule has 3 nitrogen and oxygen atoms in total. The number of carbonyl (C=O) groups is 1. The van der Waals surface area contributed by atoms with Gasteiger partial charge in [-0.1, -0.05) is 13.8 Å². The molecule has 18 heavy (non-hydrogen) atoms. The summed E-state index contributed by atoms with van der Waals surface area (Å²) in [6, 6.07) is 1.84. The lowest BCUT2D eigenvalue weighted by Crippen LogP contribution is -2.43. The average Bonchev–Trinajstić information content (AvgIpc) is 2.65. The minimum Gasteiger partial charge on any atom is -0.480 e. The molecule has 0 bridgehead atoms. The van der Waals surface area contributed by atoms with Crippen LogP contribution >= 0.6 is 27.3 Å². The van der Waals surface area contributed by atoms with E-state index >= 15 is 0 Å². The molecule has 2 unspecified atom stereocenters. The smallest absolute Gasteiger partial charge is 0.320 e. The molecule has 5 heteroatoms. The minimum absolute atomic E-state index is 0.0925. The molecule has 1 aromatic heterocycles. The molecule has 1 heterocycles. The van der Waals surface area contributed by atoms with Crippen LogP contribution in [0.3, 0.4) is 0 Å². The Bertz CT molecular complexity index is 444. The van der Waals surface area contributed by atoms with Crippen molar-refractivity contribution in [1.82, 2.24) is 5.32 Å². The number of nitrogens with one attached hydrogen (secondary N) is 1. The van der Waals surface area contributed by atoms with Crippen LogP contribution in [0.5, 0.6) is 0 Å². The van der Waals surface area contributed by atoms with E-state index in [1.807, 2.05) is 13.8 Å². The maximum Gasteiger partial charge on any atom is 0.320 e. The fourth-order valence-corrected chi connectivity index (χ4v) is 4.28. The summed E-state index contributed by atoms with van der Waals surface area (Å²) in [6.07, 6.45) is 3.26. The normalized spacial score (nSPS) is 20.8. The number of carboxylic acid groups (broad SMARTS) is 1. The van der Waals surface area contributed by atoms with Crippen molar-refractivity contribution in [1.29, 1.82) is 0 Å². The van der Waals surface area contributed by atoms with E-state index in [0.717, 1.165) is 23.0 Å². The fourth-order valence-electron chi connectivity index (χ4n) is 2.46. The molecule has 0 radical (unpaired) electrons. The van der Waals surface area contributed by atoms with Crippen LogP contribution in [0.15, 0.2) is 9.85 Å². The molecule has 0 spiro atoms. The predicted octanol–water partition coefficient (Wildman–Crippen LogP) is 3.59. The summed E-state index contributed by atoms with van der Waals surface area (Å²) in [7, 11) is 0. The first kappa shape index (κ1) is 14.0. The van der Waals surface area contributed by atoms with Gasteiger partial charge in [-0.2, -0.15) is 0 Å². The van der Waals surface area contributed by atoms with Crippen LogP contribution in [-0.4, -0.2) is 17.1 Å². The number of thiophene rings is 1. The molecule has 0 aliphatic heterocycles. The van der Waals surface area contributed by atoms with Gasteiger partial charge in [0.1, 0.15) is 6.04 Å². The molecular formula is C13H18BrNO2S. The zero-order chi connectivity index (χ0) is 13.3. The van der Waals surface area contributed by atoms with Gasteiger partial charge in [-0.05, 0) is 52.7 Å². The van der Waals surface area contributed by atoms with Crippen molar-refractivity contribution in [3.8, 4) is 0 Å². The van der Waals surface area contributed by atoms with Crippen LogP contribution in [0.25, 0.3) is 0 Å². The summed E-state index contributed by atoms with van der Waals surface area (Å²) in [6.45, 7) is 3.89. The van der Waals surface area contributed by atoms with Crippen LogP contribution < -0.4 is 5.32 Å². The van der Waals surface area contributed by atoms with E-state index in [-0.39, 0.29) is 12.0 Å². The van der Waals surface area contributed by atoms with Gasteiger partial charge < -0.3 is 5.11 Å². The molecule has 2 rings (SSSR count). The van der Waals surface area contributed by atoms with Gasteiger partial charge in [0.15, 0.2) is 0 Å². The number of fused-ring (bicyclic) bond motifs is 1. The summed E-state index contributed by atoms with van der Waals surface area (Å²) in [4.78, 5) is 12.7. The van der Waals surface area contributed by atoms with E-state index < -0.39 is 12.0 Å². The van der Waals surface area contributed by atoms with Gasteiger partial charge in [-0.15, -0.1) is 11.3 Å². The first-order valence-corrected chi connectivity index (χ1v) is 7.87. The lowest BCUT2D eigenvalue weighted by Gasteiger charge is -2.28. The fraction of sp³-hybridized carbons (Fsp3) is 0.615. The predicted molar refractivity (Wildman–Crippen MR) is 77.1 cm³/mol. The molecule has 1 aromatic rings. The van der Waals surface area contributed by atoms with Crippen LogP contribution in [-0.2, 0) is 11.2 Å². The Labute approximate surface area is 120 Å². The largest absolute Gasteiger partial charge is 0.480 e. The molecule has 0 amide bonds. The highest BCUT2D eigenvalue weighted by Gasteiger charge is 2.29. The third kappa shape index (κ3) is 2.95. The Morgan fingerprint density at radius 1 is 1.61 bits per heavy atom. The zero-order valence-corrected chi connectivity index (χ0v) is 13.0. The molecule has 0 saturated heterocycles. The summed E-state index contributed by atoms with van der Waals surface area (Å²) in [5.41, 5.74) is 1.28. The Morgan fingerprint density at radius 3 is 2.94 bits per heavy atom. The second kappa shape index (κ2) is 5.72. The Kier molecular flexibility index (Phi) is 4.45. The number of rotatable bonds is 4. The third-order valence-electron chi connectivity index (χ3n) is 3.40. The maximum atomic E-state index is 11.3. The number of aryl methyl sites for hydroxylation is 1. The highest BCUT2D eigenvalue weighted by atomic mass is 79.9. The number of hydrogen-bond acceptors (Lipinski definition) is 3. The summed E-state index contributed by atoms with van der Waals surface area (Å²) in [5, 5.41) is 12.6. The molecular weight excluding hydrogens is 314 g/mol. The van der Waals surface area contributed by atoms with Crippen molar-refractivity contribution in [2.45, 2.75) is 45.2 Å². The van der Waals surface area contributed by atoms with Gasteiger partial charge in [0.2, 0.25) is 0 Å². The monoisotopic (exact) mass is 331 g/mol. The molecule has 1 aliphatic carbocycles. The minimum atomic E-state index is -0.758. The second-order valence-electron chi connectivity index (χ2n) is 5.10. The number of hydrogen-bond donors (Lipinski definition) is 2. The second-order valence-corrected chi connectivity index (χ2v) is 7.62. The summed E-state index contributed by atoms with van der Waals surface area (Å²) >= 11 is 5.29. The van der Waals surface area contributed by atoms with E-state index in [0.29, 0.717) is 0 Å². The first-order valence-electron chi connectivity index (χ1n) is 6.26. The number of halogens is 1. The highest BCUT2D eigenvalue weighted by molar-refractivity contribution is 9.11. The van der Waals surface area contributed by atoms with Crippen LogP contribution in [0.1, 0.15) is 43.2 Å². The van der Waals surface area contributed by atoms with E-state index in [1.54, 1.807) is 11.3 Å². The van der Waals surface area contributed by atoms with Crippen LogP contribution in [0.4, 0.5) is 0 Å². The highest BCUT2D eigenvalue weighted by Crippen LogP contribution is 2.38. The Balaban J connectivity index is 2.17. The molecule has 100 valence electrons. The van der Waals surface area contributed by atoms with Crippen molar-refractivity contribution < 1.29 is 9.90 Å². The molecule has 2 N–H and O–H groups in total. The van der Waals surface area contributed by atoms with Crippen molar-refractivity contribution in [3.05, 3.63) is 20.3 Å². The van der Waals surface area contributed by atoms with Crippen LogP contribution in [0.2, 0.25) is 0 Å². The number of aliphatic carboxylic acids is 1. The van der Waals surface area contributed by atoms with Crippen molar-refractivity contribution in [2.75, 3.05) is 0 Å². The molecule has 0 saturated carbocycles. The molecule has 1 aliphatic rings. The van der Waals surface area contributed by atoms with E-state index in [9.17, 15) is 9.90 Å². The standard InChI is InChI=1S/C13H18BrNO2S/c1-7(2)12(13(16)17)15-9-4-3-5-10-8(9)6-11(14)18-10/h6-7,9,12,15H,3-5H2,1-2H3,(H,16,17). The maximum absolute atomic E-state index is 11.3. The Morgan fingerprint density at radius 2 is 2.33 bits per heavy atom. The summed E-state index contributed by atoms with van der Waals surface area (Å²) < 4.78 is 1.14. The van der Waals surface area contributed by atoms with Gasteiger partial charge in [-0.3, -0.25) is 10.1 Å². The van der Waals surface area contributed by atoms with Gasteiger partial charge in [0.25, 0.3) is 0 Å². The number of carboxylic acids is 1. The average molecular weight is 332 g/mol. The van der Waals surface area contributed by atoms with Gasteiger partial charge in [-0.25, -0.2) is 0 Å².